The van der Waals surface area contributed by atoms with Gasteiger partial charge >= 0.3 is 0 Å². The van der Waals surface area contributed by atoms with Crippen LogP contribution < -0.4 is 0 Å². The van der Waals surface area contributed by atoms with Crippen LogP contribution in [0.4, 0.5) is 4.39 Å². The molecule has 0 aliphatic carbocycles. The second-order valence-corrected chi connectivity index (χ2v) is 7.13. The lowest BCUT2D eigenvalue weighted by molar-refractivity contribution is 0.275. The fraction of sp³-hybridized carbons (Fsp3) is 0.231. The summed E-state index contributed by atoms with van der Waals surface area (Å²) in [4.78, 5) is -0.0271. The number of hydrogen-bond acceptors (Lipinski definition) is 4. The van der Waals surface area contributed by atoms with E-state index in [1.54, 1.807) is 0 Å². The summed E-state index contributed by atoms with van der Waals surface area (Å²) in [6.07, 6.45) is 0. The fourth-order valence-corrected chi connectivity index (χ4v) is 3.61. The SMILES string of the molecule is CN(Cc1ccsc1)S(=O)(=O)c1ccc(F)c(CO)c1. The number of aliphatic hydroxyl groups is 1. The molecule has 0 saturated heterocycles. The van der Waals surface area contributed by atoms with Crippen LogP contribution in [0.5, 0.6) is 0 Å². The van der Waals surface area contributed by atoms with Crippen molar-refractivity contribution in [3.05, 3.63) is 52.0 Å². The first-order chi connectivity index (χ1) is 9.45. The zero-order valence-electron chi connectivity index (χ0n) is 10.8. The minimum atomic E-state index is -3.70. The van der Waals surface area contributed by atoms with E-state index in [4.69, 9.17) is 5.11 Å². The van der Waals surface area contributed by atoms with Gasteiger partial charge in [-0.1, -0.05) is 0 Å². The summed E-state index contributed by atoms with van der Waals surface area (Å²) in [5.41, 5.74) is 0.862. The normalized spacial score (nSPS) is 12.0. The molecule has 0 aliphatic heterocycles. The Morgan fingerprint density at radius 1 is 1.35 bits per heavy atom. The van der Waals surface area contributed by atoms with Crippen molar-refractivity contribution in [2.75, 3.05) is 7.05 Å². The number of halogens is 1. The maximum absolute atomic E-state index is 13.3. The zero-order valence-corrected chi connectivity index (χ0v) is 12.4. The average Bonchev–Trinajstić information content (AvgIpc) is 2.91. The van der Waals surface area contributed by atoms with Crippen LogP contribution in [0.25, 0.3) is 0 Å². The van der Waals surface area contributed by atoms with Gasteiger partial charge in [-0.3, -0.25) is 0 Å². The summed E-state index contributed by atoms with van der Waals surface area (Å²) in [6, 6.07) is 5.26. The molecule has 0 spiro atoms. The first-order valence-corrected chi connectivity index (χ1v) is 8.20. The molecular formula is C13H14FNO3S2. The maximum Gasteiger partial charge on any atom is 0.243 e. The van der Waals surface area contributed by atoms with Crippen molar-refractivity contribution in [1.29, 1.82) is 0 Å². The molecule has 1 aromatic carbocycles. The van der Waals surface area contributed by atoms with Crippen LogP contribution >= 0.6 is 11.3 Å². The Bertz CT molecular complexity index is 684. The second kappa shape index (κ2) is 6.01. The molecule has 0 atom stereocenters. The van der Waals surface area contributed by atoms with Gasteiger partial charge in [-0.25, -0.2) is 12.8 Å². The molecule has 2 aromatic rings. The molecule has 20 heavy (non-hydrogen) atoms. The molecule has 7 heteroatoms. The molecule has 1 heterocycles. The molecule has 0 aliphatic rings. The molecule has 108 valence electrons. The molecule has 1 N–H and O–H groups in total. The number of thiophene rings is 1. The molecule has 0 unspecified atom stereocenters. The summed E-state index contributed by atoms with van der Waals surface area (Å²) in [6.45, 7) is -0.291. The Labute approximate surface area is 121 Å². The molecule has 1 aromatic heterocycles. The van der Waals surface area contributed by atoms with Gasteiger partial charge in [0.05, 0.1) is 11.5 Å². The van der Waals surface area contributed by atoms with Gasteiger partial charge in [-0.15, -0.1) is 0 Å². The lowest BCUT2D eigenvalue weighted by Gasteiger charge is -2.17. The molecule has 0 fully saturated rings. The fourth-order valence-electron chi connectivity index (χ4n) is 1.74. The minimum Gasteiger partial charge on any atom is -0.392 e. The van der Waals surface area contributed by atoms with Crippen LogP contribution in [0, 0.1) is 5.82 Å². The third-order valence-electron chi connectivity index (χ3n) is 2.88. The molecule has 2 rings (SSSR count). The first kappa shape index (κ1) is 15.1. The van der Waals surface area contributed by atoms with Crippen molar-refractivity contribution in [2.45, 2.75) is 18.0 Å². The molecule has 4 nitrogen and oxygen atoms in total. The van der Waals surface area contributed by atoms with Gasteiger partial charge in [0.1, 0.15) is 5.82 Å². The van der Waals surface area contributed by atoms with Gasteiger partial charge in [-0.2, -0.15) is 15.6 Å². The summed E-state index contributed by atoms with van der Waals surface area (Å²) in [5.74, 6) is -0.619. The van der Waals surface area contributed by atoms with E-state index in [0.717, 1.165) is 17.7 Å². The molecule has 0 saturated carbocycles. The molecular weight excluding hydrogens is 301 g/mol. The van der Waals surface area contributed by atoms with Crippen molar-refractivity contribution < 1.29 is 17.9 Å². The predicted octanol–water partition coefficient (Wildman–Crippen LogP) is 2.20. The second-order valence-electron chi connectivity index (χ2n) is 4.30. The summed E-state index contributed by atoms with van der Waals surface area (Å²) < 4.78 is 39.2. The van der Waals surface area contributed by atoms with Crippen molar-refractivity contribution >= 4 is 21.4 Å². The van der Waals surface area contributed by atoms with Crippen LogP contribution in [0.3, 0.4) is 0 Å². The van der Waals surface area contributed by atoms with Gasteiger partial charge in [0, 0.05) is 19.2 Å². The largest absolute Gasteiger partial charge is 0.392 e. The van der Waals surface area contributed by atoms with Gasteiger partial charge in [-0.05, 0) is 40.6 Å². The highest BCUT2D eigenvalue weighted by atomic mass is 32.2. The van der Waals surface area contributed by atoms with E-state index in [0.29, 0.717) is 0 Å². The summed E-state index contributed by atoms with van der Waals surface area (Å²) >= 11 is 1.49. The monoisotopic (exact) mass is 315 g/mol. The Morgan fingerprint density at radius 2 is 2.10 bits per heavy atom. The van der Waals surface area contributed by atoms with Gasteiger partial charge in [0.2, 0.25) is 10.0 Å². The van der Waals surface area contributed by atoms with Gasteiger partial charge < -0.3 is 5.11 Å². The quantitative estimate of drug-likeness (QED) is 0.920. The third-order valence-corrected chi connectivity index (χ3v) is 5.41. The van der Waals surface area contributed by atoms with Crippen molar-refractivity contribution in [3.8, 4) is 0 Å². The highest BCUT2D eigenvalue weighted by Gasteiger charge is 2.22. The van der Waals surface area contributed by atoms with Crippen molar-refractivity contribution in [2.24, 2.45) is 0 Å². The highest BCUT2D eigenvalue weighted by Crippen LogP contribution is 2.20. The summed E-state index contributed by atoms with van der Waals surface area (Å²) in [5, 5.41) is 12.8. The van der Waals surface area contributed by atoms with E-state index >= 15 is 0 Å². The smallest absolute Gasteiger partial charge is 0.243 e. The lowest BCUT2D eigenvalue weighted by atomic mass is 10.2. The number of nitrogens with zero attached hydrogens (tertiary/aromatic N) is 1. The number of aliphatic hydroxyl groups excluding tert-OH is 1. The van der Waals surface area contributed by atoms with Gasteiger partial charge in [0.25, 0.3) is 0 Å². The Kier molecular flexibility index (Phi) is 4.54. The Morgan fingerprint density at radius 3 is 2.70 bits per heavy atom. The van der Waals surface area contributed by atoms with Crippen LogP contribution in [-0.2, 0) is 23.2 Å². The predicted molar refractivity (Wildman–Crippen MR) is 75.3 cm³/mol. The van der Waals surface area contributed by atoms with Gasteiger partial charge in [0.15, 0.2) is 0 Å². The minimum absolute atomic E-state index is 0.0271. The van der Waals surface area contributed by atoms with E-state index in [9.17, 15) is 12.8 Å². The van der Waals surface area contributed by atoms with Crippen LogP contribution in [0.1, 0.15) is 11.1 Å². The van der Waals surface area contributed by atoms with Crippen LogP contribution in [0.2, 0.25) is 0 Å². The standard InChI is InChI=1S/C13H14FNO3S2/c1-15(7-10-4-5-19-9-10)20(17,18)12-2-3-13(14)11(6-12)8-16/h2-6,9,16H,7-8H2,1H3. The average molecular weight is 315 g/mol. The summed E-state index contributed by atoms with van der Waals surface area (Å²) in [7, 11) is -2.24. The van der Waals surface area contributed by atoms with Crippen molar-refractivity contribution in [1.82, 2.24) is 4.31 Å². The Hall–Kier alpha value is -1.28. The van der Waals surface area contributed by atoms with Crippen molar-refractivity contribution in [3.63, 3.8) is 0 Å². The molecule has 0 amide bonds. The lowest BCUT2D eigenvalue weighted by Crippen LogP contribution is -2.26. The zero-order chi connectivity index (χ0) is 14.8. The third kappa shape index (κ3) is 3.06. The number of sulfonamides is 1. The van der Waals surface area contributed by atoms with E-state index < -0.39 is 22.4 Å². The number of benzene rings is 1. The molecule has 0 bridgehead atoms. The number of rotatable bonds is 5. The first-order valence-electron chi connectivity index (χ1n) is 5.82. The molecule has 0 radical (unpaired) electrons. The number of hydrogen-bond donors (Lipinski definition) is 1. The van der Waals surface area contributed by atoms with E-state index in [-0.39, 0.29) is 17.0 Å². The van der Waals surface area contributed by atoms with E-state index in [1.807, 2.05) is 16.8 Å². The van der Waals surface area contributed by atoms with E-state index in [2.05, 4.69) is 0 Å². The van der Waals surface area contributed by atoms with E-state index in [1.165, 1.54) is 28.8 Å². The topological polar surface area (TPSA) is 57.6 Å². The van der Waals surface area contributed by atoms with Crippen LogP contribution in [0.15, 0.2) is 39.9 Å². The highest BCUT2D eigenvalue weighted by molar-refractivity contribution is 7.89. The Balaban J connectivity index is 2.29. The van der Waals surface area contributed by atoms with Crippen LogP contribution in [-0.4, -0.2) is 24.9 Å². The maximum atomic E-state index is 13.3.